The fourth-order valence-electron chi connectivity index (χ4n) is 2.46. The normalized spacial score (nSPS) is 21.0. The van der Waals surface area contributed by atoms with E-state index in [9.17, 15) is 0 Å². The van der Waals surface area contributed by atoms with Crippen LogP contribution in [0.25, 0.3) is 0 Å². The second kappa shape index (κ2) is 8.06. The summed E-state index contributed by atoms with van der Waals surface area (Å²) in [6, 6.07) is 1.39. The van der Waals surface area contributed by atoms with E-state index >= 15 is 0 Å². The second-order valence-corrected chi connectivity index (χ2v) is 5.49. The molecule has 3 heteroatoms. The maximum atomic E-state index is 3.65. The van der Waals surface area contributed by atoms with Gasteiger partial charge in [0, 0.05) is 44.8 Å². The van der Waals surface area contributed by atoms with Gasteiger partial charge in [-0.25, -0.2) is 0 Å². The molecular weight excluding hydrogens is 210 g/mol. The van der Waals surface area contributed by atoms with Crippen LogP contribution in [0, 0.1) is 0 Å². The van der Waals surface area contributed by atoms with Gasteiger partial charge in [0.1, 0.15) is 0 Å². The fourth-order valence-corrected chi connectivity index (χ4v) is 2.46. The molecular formula is C14H31N3. The van der Waals surface area contributed by atoms with Crippen molar-refractivity contribution < 1.29 is 0 Å². The van der Waals surface area contributed by atoms with Crippen LogP contribution >= 0.6 is 0 Å². The van der Waals surface area contributed by atoms with E-state index in [1.807, 2.05) is 0 Å². The van der Waals surface area contributed by atoms with Gasteiger partial charge in [-0.1, -0.05) is 13.8 Å². The van der Waals surface area contributed by atoms with Gasteiger partial charge in [0.2, 0.25) is 0 Å². The Morgan fingerprint density at radius 1 is 1.06 bits per heavy atom. The lowest BCUT2D eigenvalue weighted by atomic mass is 10.1. The third-order valence-corrected chi connectivity index (χ3v) is 3.79. The Bertz CT molecular complexity index is 186. The zero-order valence-corrected chi connectivity index (χ0v) is 12.2. The zero-order chi connectivity index (χ0) is 12.7. The summed E-state index contributed by atoms with van der Waals surface area (Å²) in [4.78, 5) is 5.20. The highest BCUT2D eigenvalue weighted by Crippen LogP contribution is 2.07. The summed E-state index contributed by atoms with van der Waals surface area (Å²) in [6.45, 7) is 16.5. The molecule has 0 amide bonds. The summed E-state index contributed by atoms with van der Waals surface area (Å²) >= 11 is 0. The molecule has 1 aliphatic heterocycles. The van der Waals surface area contributed by atoms with Crippen molar-refractivity contribution in [2.75, 3.05) is 39.3 Å². The molecule has 0 aromatic heterocycles. The summed E-state index contributed by atoms with van der Waals surface area (Å²) in [6.07, 6.45) is 2.47. The number of nitrogens with one attached hydrogen (secondary N) is 1. The fraction of sp³-hybridized carbons (Fsp3) is 1.00. The Morgan fingerprint density at radius 2 is 1.71 bits per heavy atom. The number of rotatable bonds is 7. The van der Waals surface area contributed by atoms with Crippen LogP contribution in [-0.4, -0.2) is 61.2 Å². The standard InChI is InChI=1S/C14H31N3/c1-5-7-15-14(6-2)12-16-8-10-17(11-9-16)13(3)4/h13-15H,5-12H2,1-4H3. The summed E-state index contributed by atoms with van der Waals surface area (Å²) in [5, 5.41) is 3.65. The first kappa shape index (κ1) is 14.9. The third kappa shape index (κ3) is 5.36. The second-order valence-electron chi connectivity index (χ2n) is 5.49. The minimum absolute atomic E-state index is 0.681. The van der Waals surface area contributed by atoms with Crippen molar-refractivity contribution in [2.45, 2.75) is 52.6 Å². The Labute approximate surface area is 108 Å². The molecule has 1 fully saturated rings. The van der Waals surface area contributed by atoms with Crippen molar-refractivity contribution in [1.82, 2.24) is 15.1 Å². The molecule has 0 saturated carbocycles. The Morgan fingerprint density at radius 3 is 2.18 bits per heavy atom. The lowest BCUT2D eigenvalue weighted by Gasteiger charge is -2.38. The van der Waals surface area contributed by atoms with Gasteiger partial charge in [-0.15, -0.1) is 0 Å². The van der Waals surface area contributed by atoms with Gasteiger partial charge in [-0.2, -0.15) is 0 Å². The van der Waals surface area contributed by atoms with E-state index in [1.54, 1.807) is 0 Å². The van der Waals surface area contributed by atoms with Crippen molar-refractivity contribution >= 4 is 0 Å². The van der Waals surface area contributed by atoms with E-state index < -0.39 is 0 Å². The molecule has 1 rings (SSSR count). The van der Waals surface area contributed by atoms with Crippen molar-refractivity contribution in [3.8, 4) is 0 Å². The smallest absolute Gasteiger partial charge is 0.0192 e. The van der Waals surface area contributed by atoms with Gasteiger partial charge in [0.25, 0.3) is 0 Å². The molecule has 0 aliphatic carbocycles. The Hall–Kier alpha value is -0.120. The Balaban J connectivity index is 2.23. The SMILES string of the molecule is CCCNC(CC)CN1CCN(C(C)C)CC1. The molecule has 1 aliphatic rings. The summed E-state index contributed by atoms with van der Waals surface area (Å²) in [5.41, 5.74) is 0. The summed E-state index contributed by atoms with van der Waals surface area (Å²) in [5.74, 6) is 0. The van der Waals surface area contributed by atoms with Crippen LogP contribution in [-0.2, 0) is 0 Å². The average molecular weight is 241 g/mol. The van der Waals surface area contributed by atoms with Crippen molar-refractivity contribution in [2.24, 2.45) is 0 Å². The molecule has 102 valence electrons. The monoisotopic (exact) mass is 241 g/mol. The highest BCUT2D eigenvalue weighted by Gasteiger charge is 2.20. The first-order valence-electron chi connectivity index (χ1n) is 7.37. The molecule has 0 spiro atoms. The molecule has 17 heavy (non-hydrogen) atoms. The molecule has 1 heterocycles. The minimum Gasteiger partial charge on any atom is -0.313 e. The van der Waals surface area contributed by atoms with Crippen LogP contribution in [0.3, 0.4) is 0 Å². The predicted octanol–water partition coefficient (Wildman–Crippen LogP) is 1.79. The van der Waals surface area contributed by atoms with Gasteiger partial charge >= 0.3 is 0 Å². The highest BCUT2D eigenvalue weighted by molar-refractivity contribution is 4.78. The zero-order valence-electron chi connectivity index (χ0n) is 12.2. The van der Waals surface area contributed by atoms with Gasteiger partial charge in [-0.3, -0.25) is 9.80 Å². The molecule has 0 bridgehead atoms. The van der Waals surface area contributed by atoms with Crippen LogP contribution in [0.2, 0.25) is 0 Å². The van der Waals surface area contributed by atoms with Crippen molar-refractivity contribution in [1.29, 1.82) is 0 Å². The number of hydrogen-bond donors (Lipinski definition) is 1. The minimum atomic E-state index is 0.681. The van der Waals surface area contributed by atoms with Crippen LogP contribution in [0.5, 0.6) is 0 Å². The molecule has 1 atom stereocenters. The van der Waals surface area contributed by atoms with Crippen LogP contribution < -0.4 is 5.32 Å². The molecule has 1 saturated heterocycles. The van der Waals surface area contributed by atoms with Gasteiger partial charge in [-0.05, 0) is 33.2 Å². The van der Waals surface area contributed by atoms with E-state index in [4.69, 9.17) is 0 Å². The van der Waals surface area contributed by atoms with Crippen LogP contribution in [0.15, 0.2) is 0 Å². The maximum Gasteiger partial charge on any atom is 0.0192 e. The third-order valence-electron chi connectivity index (χ3n) is 3.79. The van der Waals surface area contributed by atoms with Crippen LogP contribution in [0.4, 0.5) is 0 Å². The average Bonchev–Trinajstić information content (AvgIpc) is 2.35. The van der Waals surface area contributed by atoms with E-state index in [0.717, 1.165) is 6.54 Å². The highest BCUT2D eigenvalue weighted by atomic mass is 15.3. The van der Waals surface area contributed by atoms with Crippen molar-refractivity contribution in [3.63, 3.8) is 0 Å². The van der Waals surface area contributed by atoms with E-state index in [1.165, 1.54) is 45.6 Å². The van der Waals surface area contributed by atoms with Gasteiger partial charge in [0.05, 0.1) is 0 Å². The van der Waals surface area contributed by atoms with E-state index in [-0.39, 0.29) is 0 Å². The number of nitrogens with zero attached hydrogens (tertiary/aromatic N) is 2. The van der Waals surface area contributed by atoms with E-state index in [0.29, 0.717) is 12.1 Å². The van der Waals surface area contributed by atoms with Crippen molar-refractivity contribution in [3.05, 3.63) is 0 Å². The topological polar surface area (TPSA) is 18.5 Å². The first-order valence-corrected chi connectivity index (χ1v) is 7.37. The van der Waals surface area contributed by atoms with Gasteiger partial charge in [0.15, 0.2) is 0 Å². The molecule has 3 nitrogen and oxygen atoms in total. The molecule has 1 unspecified atom stereocenters. The van der Waals surface area contributed by atoms with Crippen LogP contribution in [0.1, 0.15) is 40.5 Å². The molecule has 1 N–H and O–H groups in total. The lowest BCUT2D eigenvalue weighted by Crippen LogP contribution is -2.52. The Kier molecular flexibility index (Phi) is 7.09. The summed E-state index contributed by atoms with van der Waals surface area (Å²) in [7, 11) is 0. The molecule has 0 radical (unpaired) electrons. The lowest BCUT2D eigenvalue weighted by molar-refractivity contribution is 0.101. The largest absolute Gasteiger partial charge is 0.313 e. The summed E-state index contributed by atoms with van der Waals surface area (Å²) < 4.78 is 0. The predicted molar refractivity (Wildman–Crippen MR) is 75.5 cm³/mol. The first-order chi connectivity index (χ1) is 8.17. The quantitative estimate of drug-likeness (QED) is 0.733. The molecule has 0 aromatic rings. The number of piperazine rings is 1. The van der Waals surface area contributed by atoms with E-state index in [2.05, 4.69) is 42.8 Å². The molecule has 0 aromatic carbocycles. The maximum absolute atomic E-state index is 3.65. The number of hydrogen-bond acceptors (Lipinski definition) is 3. The van der Waals surface area contributed by atoms with Gasteiger partial charge < -0.3 is 5.32 Å².